The van der Waals surface area contributed by atoms with E-state index in [9.17, 15) is 14.4 Å². The van der Waals surface area contributed by atoms with Crippen LogP contribution in [0.1, 0.15) is 37.9 Å². The number of amides is 2. The fraction of sp³-hybridized carbons (Fsp3) is 0.483. The third-order valence-corrected chi connectivity index (χ3v) is 7.17. The maximum Gasteiger partial charge on any atom is 0.337 e. The van der Waals surface area contributed by atoms with Crippen LogP contribution in [0.3, 0.4) is 0 Å². The van der Waals surface area contributed by atoms with Gasteiger partial charge in [-0.15, -0.1) is 0 Å². The number of benzene rings is 1. The molecular weight excluding hydrogens is 514 g/mol. The lowest BCUT2D eigenvalue weighted by Crippen LogP contribution is -2.58. The van der Waals surface area contributed by atoms with Crippen LogP contribution in [0.25, 0.3) is 0 Å². The van der Waals surface area contributed by atoms with Crippen LogP contribution in [0, 0.1) is 0 Å². The number of hydrogen-bond acceptors (Lipinski definition) is 9. The quantitative estimate of drug-likeness (QED) is 0.399. The molecule has 0 aliphatic carbocycles. The normalized spacial score (nSPS) is 22.6. The topological polar surface area (TPSA) is 145 Å². The lowest BCUT2D eigenvalue weighted by Gasteiger charge is -2.32. The predicted molar refractivity (Wildman–Crippen MR) is 147 cm³/mol. The van der Waals surface area contributed by atoms with Gasteiger partial charge in [0.25, 0.3) is 0 Å². The molecule has 4 rings (SSSR count). The second-order valence-corrected chi connectivity index (χ2v) is 10.2. The molecule has 3 heterocycles. The summed E-state index contributed by atoms with van der Waals surface area (Å²) in [5.74, 6) is -1.03. The highest BCUT2D eigenvalue weighted by atomic mass is 16.5. The van der Waals surface area contributed by atoms with Crippen LogP contribution >= 0.6 is 0 Å². The second kappa shape index (κ2) is 13.0. The zero-order valence-electron chi connectivity index (χ0n) is 23.1. The number of methoxy groups -OCH3 is 1. The zero-order valence-corrected chi connectivity index (χ0v) is 23.1. The van der Waals surface area contributed by atoms with E-state index in [1.807, 2.05) is 42.5 Å². The summed E-state index contributed by atoms with van der Waals surface area (Å²) in [5.41, 5.74) is 6.11. The molecule has 11 heteroatoms. The summed E-state index contributed by atoms with van der Waals surface area (Å²) in [5, 5.41) is 2.77. The Balaban J connectivity index is 1.55. The van der Waals surface area contributed by atoms with E-state index in [0.29, 0.717) is 31.0 Å². The SMILES string of the molecule is COC(=O)[C@@]1(Cc2ccccn2)COC(C2CCCN2C(=O)[C@@H](NC(=O)[C@H](C)N)C(C)OCc2ccccc2)=N1. The largest absolute Gasteiger partial charge is 0.476 e. The van der Waals surface area contributed by atoms with Crippen LogP contribution in [0.2, 0.25) is 0 Å². The summed E-state index contributed by atoms with van der Waals surface area (Å²) >= 11 is 0. The van der Waals surface area contributed by atoms with E-state index in [0.717, 1.165) is 5.56 Å². The second-order valence-electron chi connectivity index (χ2n) is 10.2. The third kappa shape index (κ3) is 6.65. The first-order valence-electron chi connectivity index (χ1n) is 13.5. The minimum absolute atomic E-state index is 0.0223. The van der Waals surface area contributed by atoms with E-state index < -0.39 is 41.6 Å². The number of nitrogens with zero attached hydrogens (tertiary/aromatic N) is 3. The molecule has 214 valence electrons. The van der Waals surface area contributed by atoms with Gasteiger partial charge in [-0.1, -0.05) is 36.4 Å². The molecule has 2 aliphatic heterocycles. The predicted octanol–water partition coefficient (Wildman–Crippen LogP) is 1.39. The summed E-state index contributed by atoms with van der Waals surface area (Å²) in [6.07, 6.45) is 2.50. The number of likely N-dealkylation sites (tertiary alicyclic amines) is 1. The lowest BCUT2D eigenvalue weighted by molar-refractivity contribution is -0.147. The Bertz CT molecular complexity index is 1210. The van der Waals surface area contributed by atoms with Crippen LogP contribution in [-0.4, -0.2) is 83.6 Å². The molecule has 0 spiro atoms. The number of nitrogens with one attached hydrogen (secondary N) is 1. The molecule has 2 amide bonds. The Morgan fingerprint density at radius 2 is 1.93 bits per heavy atom. The number of aromatic nitrogens is 1. The van der Waals surface area contributed by atoms with Crippen molar-refractivity contribution in [3.63, 3.8) is 0 Å². The van der Waals surface area contributed by atoms with Crippen molar-refractivity contribution in [2.24, 2.45) is 10.7 Å². The molecule has 1 fully saturated rings. The molecular formula is C29H37N5O6. The maximum absolute atomic E-state index is 13.9. The summed E-state index contributed by atoms with van der Waals surface area (Å²) in [7, 11) is 1.31. The Kier molecular flexibility index (Phi) is 9.49. The summed E-state index contributed by atoms with van der Waals surface area (Å²) in [6, 6.07) is 12.7. The summed E-state index contributed by atoms with van der Waals surface area (Å²) in [4.78, 5) is 50.1. The Labute approximate surface area is 234 Å². The number of ether oxygens (including phenoxy) is 3. The molecule has 2 aromatic rings. The first-order chi connectivity index (χ1) is 19.2. The Morgan fingerprint density at radius 1 is 1.18 bits per heavy atom. The molecule has 5 atom stereocenters. The van der Waals surface area contributed by atoms with Gasteiger partial charge in [0.2, 0.25) is 23.3 Å². The van der Waals surface area contributed by atoms with Gasteiger partial charge in [-0.3, -0.25) is 14.6 Å². The molecule has 0 bridgehead atoms. The van der Waals surface area contributed by atoms with Gasteiger partial charge in [0.05, 0.1) is 25.9 Å². The number of carbonyl (C=O) groups is 3. The maximum atomic E-state index is 13.9. The average molecular weight is 552 g/mol. The van der Waals surface area contributed by atoms with Crippen molar-refractivity contribution in [1.82, 2.24) is 15.2 Å². The fourth-order valence-corrected chi connectivity index (χ4v) is 4.93. The van der Waals surface area contributed by atoms with E-state index in [1.54, 1.807) is 31.0 Å². The van der Waals surface area contributed by atoms with Gasteiger partial charge >= 0.3 is 5.97 Å². The highest BCUT2D eigenvalue weighted by Crippen LogP contribution is 2.30. The van der Waals surface area contributed by atoms with Crippen LogP contribution in [0.4, 0.5) is 0 Å². The van der Waals surface area contributed by atoms with Crippen molar-refractivity contribution in [1.29, 1.82) is 0 Å². The number of carbonyl (C=O) groups excluding carboxylic acids is 3. The molecule has 11 nitrogen and oxygen atoms in total. The lowest BCUT2D eigenvalue weighted by atomic mass is 9.95. The molecule has 1 aromatic carbocycles. The van der Waals surface area contributed by atoms with Crippen LogP contribution in [0.15, 0.2) is 59.7 Å². The Hall–Kier alpha value is -3.83. The van der Waals surface area contributed by atoms with Crippen molar-refractivity contribution >= 4 is 23.7 Å². The van der Waals surface area contributed by atoms with Crippen LogP contribution in [-0.2, 0) is 41.6 Å². The van der Waals surface area contributed by atoms with Gasteiger partial charge in [-0.25, -0.2) is 9.79 Å². The zero-order chi connectivity index (χ0) is 28.7. The molecule has 2 aliphatic rings. The molecule has 0 saturated carbocycles. The van der Waals surface area contributed by atoms with E-state index in [1.165, 1.54) is 7.11 Å². The van der Waals surface area contributed by atoms with E-state index in [4.69, 9.17) is 24.9 Å². The highest BCUT2D eigenvalue weighted by Gasteiger charge is 2.49. The first-order valence-corrected chi connectivity index (χ1v) is 13.5. The number of hydrogen-bond donors (Lipinski definition) is 2. The monoisotopic (exact) mass is 551 g/mol. The van der Waals surface area contributed by atoms with Crippen molar-refractivity contribution in [2.45, 2.75) is 69.5 Å². The molecule has 2 unspecified atom stereocenters. The molecule has 1 aromatic heterocycles. The van der Waals surface area contributed by atoms with Crippen LogP contribution in [0.5, 0.6) is 0 Å². The molecule has 1 saturated heterocycles. The van der Waals surface area contributed by atoms with Crippen LogP contribution < -0.4 is 11.1 Å². The minimum Gasteiger partial charge on any atom is -0.476 e. The number of pyridine rings is 1. The molecule has 40 heavy (non-hydrogen) atoms. The number of aliphatic imine (C=N–C) groups is 1. The highest BCUT2D eigenvalue weighted by molar-refractivity contribution is 5.96. The summed E-state index contributed by atoms with van der Waals surface area (Å²) in [6.45, 7) is 3.99. The molecule has 0 radical (unpaired) electrons. The number of esters is 1. The third-order valence-electron chi connectivity index (χ3n) is 7.17. The smallest absolute Gasteiger partial charge is 0.337 e. The summed E-state index contributed by atoms with van der Waals surface area (Å²) < 4.78 is 17.1. The van der Waals surface area contributed by atoms with Crippen molar-refractivity contribution in [3.8, 4) is 0 Å². The van der Waals surface area contributed by atoms with Gasteiger partial charge in [0, 0.05) is 24.9 Å². The first kappa shape index (κ1) is 29.2. The van der Waals surface area contributed by atoms with Gasteiger partial charge in [0.1, 0.15) is 18.7 Å². The number of rotatable bonds is 11. The minimum atomic E-state index is -1.30. The van der Waals surface area contributed by atoms with Crippen molar-refractivity contribution in [2.75, 3.05) is 20.3 Å². The number of nitrogens with two attached hydrogens (primary N) is 1. The fourth-order valence-electron chi connectivity index (χ4n) is 4.93. The Morgan fingerprint density at radius 3 is 2.60 bits per heavy atom. The van der Waals surface area contributed by atoms with E-state index in [-0.39, 0.29) is 25.5 Å². The average Bonchev–Trinajstić information content (AvgIpc) is 3.63. The molecule has 3 N–H and O–H groups in total. The van der Waals surface area contributed by atoms with Crippen molar-refractivity contribution < 1.29 is 28.6 Å². The van der Waals surface area contributed by atoms with Gasteiger partial charge in [0.15, 0.2) is 0 Å². The van der Waals surface area contributed by atoms with Crippen molar-refractivity contribution in [3.05, 3.63) is 66.0 Å². The van der Waals surface area contributed by atoms with E-state index >= 15 is 0 Å². The van der Waals surface area contributed by atoms with E-state index in [2.05, 4.69) is 10.3 Å². The standard InChI is InChI=1S/C29H37N5O6/c1-19(30)25(35)32-24(20(2)39-17-21-10-5-4-6-11-21)27(36)34-15-9-13-23(34)26-33-29(18-40-26,28(37)38-3)16-22-12-7-8-14-31-22/h4-8,10-12,14,19-20,23-24H,9,13,15-18,30H2,1-3H3,(H,32,35)/t19-,20?,23?,24-,29+/m0/s1. The van der Waals surface area contributed by atoms with Gasteiger partial charge < -0.3 is 30.2 Å². The van der Waals surface area contributed by atoms with Gasteiger partial charge in [-0.2, -0.15) is 0 Å². The van der Waals surface area contributed by atoms with Gasteiger partial charge in [-0.05, 0) is 44.4 Å².